The molecule has 3 N–H and O–H groups in total. The summed E-state index contributed by atoms with van der Waals surface area (Å²) < 4.78 is 11.2. The third-order valence-electron chi connectivity index (χ3n) is 3.69. The Labute approximate surface area is 168 Å². The molecule has 2 amide bonds. The standard InChI is InChI=1S/C19H15BrN2O6/c20-13-3-1-2-12(8-13)18(25)22-14(19(26)21-9-17(23)24)6-11-4-5-15-16(7-11)28-10-27-15/h1-8H,9-10H2,(H,21,26)(H,22,25)(H,23,24)/b14-6+. The van der Waals surface area contributed by atoms with E-state index in [2.05, 4.69) is 26.6 Å². The maximum Gasteiger partial charge on any atom is 0.322 e. The van der Waals surface area contributed by atoms with Gasteiger partial charge in [0.15, 0.2) is 11.5 Å². The first-order valence-corrected chi connectivity index (χ1v) is 8.90. The largest absolute Gasteiger partial charge is 0.480 e. The van der Waals surface area contributed by atoms with Crippen molar-refractivity contribution in [2.75, 3.05) is 13.3 Å². The van der Waals surface area contributed by atoms with Crippen LogP contribution in [0.2, 0.25) is 0 Å². The lowest BCUT2D eigenvalue weighted by atomic mass is 10.1. The fourth-order valence-electron chi connectivity index (χ4n) is 2.40. The molecule has 1 heterocycles. The SMILES string of the molecule is O=C(O)CNC(=O)/C(=C\c1ccc2c(c1)OCO2)NC(=O)c1cccc(Br)c1. The van der Waals surface area contributed by atoms with Crippen LogP contribution in [0.5, 0.6) is 11.5 Å². The normalized spacial score (nSPS) is 12.4. The number of ether oxygens (including phenoxy) is 2. The minimum atomic E-state index is -1.20. The van der Waals surface area contributed by atoms with Gasteiger partial charge in [-0.1, -0.05) is 28.1 Å². The van der Waals surface area contributed by atoms with Crippen molar-refractivity contribution in [3.8, 4) is 11.5 Å². The summed E-state index contributed by atoms with van der Waals surface area (Å²) >= 11 is 3.28. The lowest BCUT2D eigenvalue weighted by Gasteiger charge is -2.11. The molecular formula is C19H15BrN2O6. The monoisotopic (exact) mass is 446 g/mol. The maximum atomic E-state index is 12.5. The van der Waals surface area contributed by atoms with E-state index in [9.17, 15) is 14.4 Å². The van der Waals surface area contributed by atoms with Crippen LogP contribution in [0.3, 0.4) is 0 Å². The second-order valence-electron chi connectivity index (χ2n) is 5.71. The van der Waals surface area contributed by atoms with E-state index < -0.39 is 24.3 Å². The van der Waals surface area contributed by atoms with E-state index in [0.29, 0.717) is 27.1 Å². The van der Waals surface area contributed by atoms with Gasteiger partial charge in [0.05, 0.1) is 0 Å². The van der Waals surface area contributed by atoms with Gasteiger partial charge in [0.2, 0.25) is 6.79 Å². The Morgan fingerprint density at radius 2 is 1.89 bits per heavy atom. The van der Waals surface area contributed by atoms with Gasteiger partial charge in [0.1, 0.15) is 12.2 Å². The molecule has 8 nitrogen and oxygen atoms in total. The fourth-order valence-corrected chi connectivity index (χ4v) is 2.80. The molecule has 9 heteroatoms. The van der Waals surface area contributed by atoms with Gasteiger partial charge in [-0.25, -0.2) is 0 Å². The molecule has 1 aliphatic heterocycles. The van der Waals surface area contributed by atoms with E-state index >= 15 is 0 Å². The van der Waals surface area contributed by atoms with Crippen molar-refractivity contribution < 1.29 is 29.0 Å². The number of hydrogen-bond acceptors (Lipinski definition) is 5. The van der Waals surface area contributed by atoms with Crippen LogP contribution in [0.25, 0.3) is 6.08 Å². The summed E-state index contributed by atoms with van der Waals surface area (Å²) in [6.07, 6.45) is 1.43. The number of nitrogens with one attached hydrogen (secondary N) is 2. The number of halogens is 1. The predicted molar refractivity (Wildman–Crippen MR) is 103 cm³/mol. The Bertz CT molecular complexity index is 973. The number of benzene rings is 2. The van der Waals surface area contributed by atoms with Crippen molar-refractivity contribution in [2.24, 2.45) is 0 Å². The minimum absolute atomic E-state index is 0.105. The van der Waals surface area contributed by atoms with Gasteiger partial charge in [-0.05, 0) is 42.0 Å². The fraction of sp³-hybridized carbons (Fsp3) is 0.105. The zero-order valence-corrected chi connectivity index (χ0v) is 16.0. The molecular weight excluding hydrogens is 432 g/mol. The molecule has 0 spiro atoms. The first kappa shape index (κ1) is 19.4. The number of carbonyl (C=O) groups excluding carboxylic acids is 2. The molecule has 0 fully saturated rings. The lowest BCUT2D eigenvalue weighted by Crippen LogP contribution is -2.37. The van der Waals surface area contributed by atoms with Crippen LogP contribution in [0.4, 0.5) is 0 Å². The summed E-state index contributed by atoms with van der Waals surface area (Å²) in [6, 6.07) is 11.7. The smallest absolute Gasteiger partial charge is 0.322 e. The molecule has 0 bridgehead atoms. The summed E-state index contributed by atoms with van der Waals surface area (Å²) in [6.45, 7) is -0.474. The number of fused-ring (bicyclic) bond motifs is 1. The molecule has 28 heavy (non-hydrogen) atoms. The van der Waals surface area contributed by atoms with Crippen LogP contribution in [-0.2, 0) is 9.59 Å². The van der Waals surface area contributed by atoms with Crippen LogP contribution in [-0.4, -0.2) is 36.2 Å². The number of carboxylic acids is 1. The van der Waals surface area contributed by atoms with E-state index in [4.69, 9.17) is 14.6 Å². The molecule has 0 radical (unpaired) electrons. The zero-order chi connectivity index (χ0) is 20.1. The first-order chi connectivity index (χ1) is 13.4. The molecule has 0 saturated heterocycles. The van der Waals surface area contributed by atoms with Gasteiger partial charge in [-0.15, -0.1) is 0 Å². The van der Waals surface area contributed by atoms with Crippen LogP contribution in [0.1, 0.15) is 15.9 Å². The van der Waals surface area contributed by atoms with Crippen molar-refractivity contribution >= 4 is 39.8 Å². The van der Waals surface area contributed by atoms with Crippen molar-refractivity contribution in [3.05, 3.63) is 63.8 Å². The second kappa shape index (κ2) is 8.57. The average molecular weight is 447 g/mol. The summed E-state index contributed by atoms with van der Waals surface area (Å²) in [7, 11) is 0. The Morgan fingerprint density at radius 1 is 1.11 bits per heavy atom. The topological polar surface area (TPSA) is 114 Å². The number of amides is 2. The molecule has 0 aliphatic carbocycles. The van der Waals surface area contributed by atoms with Gasteiger partial charge in [-0.3, -0.25) is 14.4 Å². The van der Waals surface area contributed by atoms with E-state index in [1.807, 2.05) is 0 Å². The molecule has 0 atom stereocenters. The third kappa shape index (κ3) is 4.89. The van der Waals surface area contributed by atoms with Gasteiger partial charge < -0.3 is 25.2 Å². The third-order valence-corrected chi connectivity index (χ3v) is 4.18. The quantitative estimate of drug-likeness (QED) is 0.585. The van der Waals surface area contributed by atoms with Crippen LogP contribution in [0, 0.1) is 0 Å². The summed E-state index contributed by atoms with van der Waals surface area (Å²) in [5.74, 6) is -1.36. The number of aliphatic carboxylic acids is 1. The highest BCUT2D eigenvalue weighted by atomic mass is 79.9. The summed E-state index contributed by atoms with van der Waals surface area (Å²) in [5.41, 5.74) is 0.793. The number of carboxylic acid groups (broad SMARTS) is 1. The van der Waals surface area contributed by atoms with Crippen molar-refractivity contribution in [3.63, 3.8) is 0 Å². The van der Waals surface area contributed by atoms with Crippen molar-refractivity contribution in [2.45, 2.75) is 0 Å². The van der Waals surface area contributed by atoms with E-state index in [1.165, 1.54) is 6.08 Å². The molecule has 0 unspecified atom stereocenters. The molecule has 2 aromatic rings. The summed E-state index contributed by atoms with van der Waals surface area (Å²) in [4.78, 5) is 35.6. The number of carbonyl (C=O) groups is 3. The number of hydrogen-bond donors (Lipinski definition) is 3. The van der Waals surface area contributed by atoms with E-state index in [1.54, 1.807) is 42.5 Å². The highest BCUT2D eigenvalue weighted by Gasteiger charge is 2.17. The molecule has 3 rings (SSSR count). The molecule has 1 aliphatic rings. The van der Waals surface area contributed by atoms with E-state index in [0.717, 1.165) is 0 Å². The highest BCUT2D eigenvalue weighted by molar-refractivity contribution is 9.10. The number of rotatable bonds is 6. The Morgan fingerprint density at radius 3 is 2.64 bits per heavy atom. The van der Waals surface area contributed by atoms with E-state index in [-0.39, 0.29) is 12.5 Å². The van der Waals surface area contributed by atoms with Gasteiger partial charge in [0.25, 0.3) is 11.8 Å². The van der Waals surface area contributed by atoms with Crippen LogP contribution in [0.15, 0.2) is 52.6 Å². The van der Waals surface area contributed by atoms with Crippen molar-refractivity contribution in [1.82, 2.24) is 10.6 Å². The second-order valence-corrected chi connectivity index (χ2v) is 6.63. The Kier molecular flexibility index (Phi) is 5.95. The maximum absolute atomic E-state index is 12.5. The van der Waals surface area contributed by atoms with Crippen LogP contribution >= 0.6 is 15.9 Å². The highest BCUT2D eigenvalue weighted by Crippen LogP contribution is 2.33. The van der Waals surface area contributed by atoms with Crippen molar-refractivity contribution in [1.29, 1.82) is 0 Å². The van der Waals surface area contributed by atoms with Crippen LogP contribution < -0.4 is 20.1 Å². The first-order valence-electron chi connectivity index (χ1n) is 8.10. The van der Waals surface area contributed by atoms with Gasteiger partial charge >= 0.3 is 5.97 Å². The summed E-state index contributed by atoms with van der Waals surface area (Å²) in [5, 5.41) is 13.5. The lowest BCUT2D eigenvalue weighted by molar-refractivity contribution is -0.137. The molecule has 0 aromatic heterocycles. The molecule has 2 aromatic carbocycles. The van der Waals surface area contributed by atoms with Gasteiger partial charge in [-0.2, -0.15) is 0 Å². The van der Waals surface area contributed by atoms with Gasteiger partial charge in [0, 0.05) is 10.0 Å². The Hall–Kier alpha value is -3.33. The average Bonchev–Trinajstić information content (AvgIpc) is 3.13. The molecule has 0 saturated carbocycles. The zero-order valence-electron chi connectivity index (χ0n) is 14.4. The minimum Gasteiger partial charge on any atom is -0.480 e. The molecule has 144 valence electrons. The Balaban J connectivity index is 1.87. The predicted octanol–water partition coefficient (Wildman–Crippen LogP) is 2.15.